The molecule has 0 bridgehead atoms. The first-order valence-electron chi connectivity index (χ1n) is 5.43. The number of hydrogen-bond donors (Lipinski definition) is 3. The molecule has 0 radical (unpaired) electrons. The zero-order chi connectivity index (χ0) is 12.4. The molecule has 5 nitrogen and oxygen atoms in total. The Morgan fingerprint density at radius 3 is 2.94 bits per heavy atom. The van der Waals surface area contributed by atoms with Gasteiger partial charge in [-0.1, -0.05) is 11.6 Å². The van der Waals surface area contributed by atoms with Crippen molar-refractivity contribution in [3.63, 3.8) is 0 Å². The number of hydrogen-bond acceptors (Lipinski definition) is 3. The standard InChI is InChI=1S/C12H14N2O3/c1-7-2-3-10(15)9(4-7)12(17)14-8-5-11(16)13-6-8/h2-4,8,15H,5-6H2,1H3,(H,13,16)(H,14,17). The highest BCUT2D eigenvalue weighted by molar-refractivity contribution is 5.97. The van der Waals surface area contributed by atoms with Crippen LogP contribution in [0.25, 0.3) is 0 Å². The predicted molar refractivity (Wildman–Crippen MR) is 61.7 cm³/mol. The van der Waals surface area contributed by atoms with Crippen molar-refractivity contribution in [2.45, 2.75) is 19.4 Å². The van der Waals surface area contributed by atoms with Crippen molar-refractivity contribution in [3.05, 3.63) is 29.3 Å². The molecule has 2 rings (SSSR count). The zero-order valence-electron chi connectivity index (χ0n) is 9.49. The van der Waals surface area contributed by atoms with Gasteiger partial charge in [0.05, 0.1) is 11.6 Å². The van der Waals surface area contributed by atoms with Gasteiger partial charge >= 0.3 is 0 Å². The average molecular weight is 234 g/mol. The summed E-state index contributed by atoms with van der Waals surface area (Å²) < 4.78 is 0. The molecule has 1 aliphatic rings. The molecular weight excluding hydrogens is 220 g/mol. The van der Waals surface area contributed by atoms with Crippen molar-refractivity contribution in [1.82, 2.24) is 10.6 Å². The van der Waals surface area contributed by atoms with Crippen LogP contribution in [-0.4, -0.2) is 29.5 Å². The van der Waals surface area contributed by atoms with Gasteiger partial charge < -0.3 is 15.7 Å². The van der Waals surface area contributed by atoms with E-state index in [4.69, 9.17) is 0 Å². The van der Waals surface area contributed by atoms with Crippen LogP contribution < -0.4 is 10.6 Å². The van der Waals surface area contributed by atoms with E-state index in [2.05, 4.69) is 10.6 Å². The van der Waals surface area contributed by atoms with E-state index in [9.17, 15) is 14.7 Å². The summed E-state index contributed by atoms with van der Waals surface area (Å²) >= 11 is 0. The summed E-state index contributed by atoms with van der Waals surface area (Å²) in [6.45, 7) is 2.29. The van der Waals surface area contributed by atoms with Gasteiger partial charge in [0.2, 0.25) is 5.91 Å². The average Bonchev–Trinajstić information content (AvgIpc) is 2.67. The fraction of sp³-hybridized carbons (Fsp3) is 0.333. The lowest BCUT2D eigenvalue weighted by molar-refractivity contribution is -0.119. The first-order valence-corrected chi connectivity index (χ1v) is 5.43. The van der Waals surface area contributed by atoms with Crippen molar-refractivity contribution in [2.75, 3.05) is 6.54 Å². The minimum Gasteiger partial charge on any atom is -0.507 e. The molecule has 17 heavy (non-hydrogen) atoms. The summed E-state index contributed by atoms with van der Waals surface area (Å²) in [5.74, 6) is -0.471. The number of benzene rings is 1. The minimum atomic E-state index is -0.354. The number of phenolic OH excluding ortho intramolecular Hbond substituents is 1. The third kappa shape index (κ3) is 2.55. The van der Waals surface area contributed by atoms with Crippen molar-refractivity contribution < 1.29 is 14.7 Å². The molecule has 1 heterocycles. The topological polar surface area (TPSA) is 78.4 Å². The molecule has 5 heteroatoms. The van der Waals surface area contributed by atoms with Gasteiger partial charge in [-0.15, -0.1) is 0 Å². The molecule has 0 saturated carbocycles. The summed E-state index contributed by atoms with van der Waals surface area (Å²) in [6.07, 6.45) is 0.290. The van der Waals surface area contributed by atoms with Gasteiger partial charge in [0.25, 0.3) is 5.91 Å². The Balaban J connectivity index is 2.09. The second-order valence-corrected chi connectivity index (χ2v) is 4.20. The molecule has 1 aromatic carbocycles. The monoisotopic (exact) mass is 234 g/mol. The highest BCUT2D eigenvalue weighted by atomic mass is 16.3. The Morgan fingerprint density at radius 2 is 2.29 bits per heavy atom. The highest BCUT2D eigenvalue weighted by Crippen LogP contribution is 2.18. The number of phenols is 1. The molecule has 0 aliphatic carbocycles. The number of rotatable bonds is 2. The van der Waals surface area contributed by atoms with Crippen LogP contribution in [0.2, 0.25) is 0 Å². The number of aryl methyl sites for hydroxylation is 1. The lowest BCUT2D eigenvalue weighted by atomic mass is 10.1. The Labute approximate surface area is 98.8 Å². The van der Waals surface area contributed by atoms with Crippen molar-refractivity contribution in [2.24, 2.45) is 0 Å². The maximum Gasteiger partial charge on any atom is 0.255 e. The smallest absolute Gasteiger partial charge is 0.255 e. The van der Waals surface area contributed by atoms with Crippen molar-refractivity contribution >= 4 is 11.8 Å². The third-order valence-electron chi connectivity index (χ3n) is 2.71. The molecule has 1 aliphatic heterocycles. The second kappa shape index (κ2) is 4.45. The lowest BCUT2D eigenvalue weighted by Gasteiger charge is -2.11. The summed E-state index contributed by atoms with van der Waals surface area (Å²) in [7, 11) is 0. The number of carbonyl (C=O) groups excluding carboxylic acids is 2. The van der Waals surface area contributed by atoms with Crippen LogP contribution in [0.3, 0.4) is 0 Å². The Kier molecular flexibility index (Phi) is 2.99. The van der Waals surface area contributed by atoms with Crippen LogP contribution in [0.1, 0.15) is 22.3 Å². The van der Waals surface area contributed by atoms with Crippen molar-refractivity contribution in [3.8, 4) is 5.75 Å². The van der Waals surface area contributed by atoms with Crippen LogP contribution in [0.5, 0.6) is 5.75 Å². The summed E-state index contributed by atoms with van der Waals surface area (Å²) in [5, 5.41) is 14.9. The molecular formula is C12H14N2O3. The largest absolute Gasteiger partial charge is 0.507 e. The van der Waals surface area contributed by atoms with Crippen LogP contribution >= 0.6 is 0 Å². The van der Waals surface area contributed by atoms with E-state index in [1.165, 1.54) is 6.07 Å². The van der Waals surface area contributed by atoms with Gasteiger partial charge in [0, 0.05) is 13.0 Å². The van der Waals surface area contributed by atoms with Gasteiger partial charge in [0.1, 0.15) is 5.75 Å². The van der Waals surface area contributed by atoms with Crippen LogP contribution in [0.4, 0.5) is 0 Å². The highest BCUT2D eigenvalue weighted by Gasteiger charge is 2.24. The van der Waals surface area contributed by atoms with Gasteiger partial charge in [-0.05, 0) is 19.1 Å². The maximum absolute atomic E-state index is 11.9. The van der Waals surface area contributed by atoms with E-state index in [0.717, 1.165) is 5.56 Å². The lowest BCUT2D eigenvalue weighted by Crippen LogP contribution is -2.36. The van der Waals surface area contributed by atoms with Gasteiger partial charge in [-0.3, -0.25) is 9.59 Å². The minimum absolute atomic E-state index is 0.0506. The van der Waals surface area contributed by atoms with E-state index < -0.39 is 0 Å². The van der Waals surface area contributed by atoms with Crippen LogP contribution in [-0.2, 0) is 4.79 Å². The fourth-order valence-electron chi connectivity index (χ4n) is 1.80. The Bertz CT molecular complexity index is 471. The normalized spacial score (nSPS) is 18.9. The number of carbonyl (C=O) groups is 2. The molecule has 90 valence electrons. The SMILES string of the molecule is Cc1ccc(O)c(C(=O)NC2CNC(=O)C2)c1. The second-order valence-electron chi connectivity index (χ2n) is 4.20. The Morgan fingerprint density at radius 1 is 1.53 bits per heavy atom. The number of nitrogens with one attached hydrogen (secondary N) is 2. The van der Waals surface area contributed by atoms with E-state index in [-0.39, 0.29) is 35.6 Å². The maximum atomic E-state index is 11.9. The van der Waals surface area contributed by atoms with E-state index >= 15 is 0 Å². The first kappa shape index (κ1) is 11.4. The van der Waals surface area contributed by atoms with E-state index in [0.29, 0.717) is 6.54 Å². The van der Waals surface area contributed by atoms with Crippen LogP contribution in [0, 0.1) is 6.92 Å². The van der Waals surface area contributed by atoms with Crippen LogP contribution in [0.15, 0.2) is 18.2 Å². The summed E-state index contributed by atoms with van der Waals surface area (Å²) in [5.41, 5.74) is 1.14. The molecule has 1 atom stereocenters. The predicted octanol–water partition coefficient (Wildman–Crippen LogP) is 0.319. The van der Waals surface area contributed by atoms with Gasteiger partial charge in [0.15, 0.2) is 0 Å². The zero-order valence-corrected chi connectivity index (χ0v) is 9.49. The summed E-state index contributed by atoms with van der Waals surface area (Å²) in [4.78, 5) is 22.9. The van der Waals surface area contributed by atoms with Gasteiger partial charge in [-0.2, -0.15) is 0 Å². The van der Waals surface area contributed by atoms with E-state index in [1.54, 1.807) is 12.1 Å². The molecule has 1 aromatic rings. The fourth-order valence-corrected chi connectivity index (χ4v) is 1.80. The number of amides is 2. The number of aromatic hydroxyl groups is 1. The first-order chi connectivity index (χ1) is 8.06. The molecule has 1 saturated heterocycles. The van der Waals surface area contributed by atoms with E-state index in [1.807, 2.05) is 6.92 Å². The molecule has 1 fully saturated rings. The molecule has 1 unspecified atom stereocenters. The summed E-state index contributed by atoms with van der Waals surface area (Å²) in [6, 6.07) is 4.64. The van der Waals surface area contributed by atoms with Gasteiger partial charge in [-0.25, -0.2) is 0 Å². The quantitative estimate of drug-likeness (QED) is 0.689. The third-order valence-corrected chi connectivity index (χ3v) is 2.71. The molecule has 2 amide bonds. The Hall–Kier alpha value is -2.04. The molecule has 0 spiro atoms. The molecule has 3 N–H and O–H groups in total. The van der Waals surface area contributed by atoms with Crippen molar-refractivity contribution in [1.29, 1.82) is 0 Å². The molecule has 0 aromatic heterocycles.